The first-order valence-electron chi connectivity index (χ1n) is 9.70. The fraction of sp³-hybridized carbons (Fsp3) is 0.227. The van der Waals surface area contributed by atoms with E-state index >= 15 is 0 Å². The second-order valence-corrected chi connectivity index (χ2v) is 6.80. The zero-order valence-corrected chi connectivity index (χ0v) is 18.0. The molecule has 30 heavy (non-hydrogen) atoms. The van der Waals surface area contributed by atoms with E-state index in [2.05, 4.69) is 42.5 Å². The van der Waals surface area contributed by atoms with Crippen molar-refractivity contribution in [3.63, 3.8) is 0 Å². The molecule has 0 spiro atoms. The largest absolute Gasteiger partial charge is 0.370 e. The van der Waals surface area contributed by atoms with Gasteiger partial charge in [-0.2, -0.15) is 13.5 Å². The van der Waals surface area contributed by atoms with E-state index in [-0.39, 0.29) is 19.4 Å². The summed E-state index contributed by atoms with van der Waals surface area (Å²) in [4.78, 5) is 22.0. The third kappa shape index (κ3) is 4.83. The van der Waals surface area contributed by atoms with Crippen LogP contribution in [0.4, 0.5) is 11.6 Å². The van der Waals surface area contributed by atoms with Gasteiger partial charge in [-0.25, -0.2) is 15.0 Å². The summed E-state index contributed by atoms with van der Waals surface area (Å²) in [6.45, 7) is 5.78. The van der Waals surface area contributed by atoms with Gasteiger partial charge >= 0.3 is 0 Å². The van der Waals surface area contributed by atoms with E-state index in [1.165, 1.54) is 5.56 Å². The molecule has 0 aliphatic rings. The summed E-state index contributed by atoms with van der Waals surface area (Å²) in [5.41, 5.74) is 4.81. The highest BCUT2D eigenvalue weighted by Gasteiger charge is 2.11. The second-order valence-electron chi connectivity index (χ2n) is 6.80. The lowest BCUT2D eigenvalue weighted by Crippen LogP contribution is -2.12. The maximum atomic E-state index is 4.50. The van der Waals surface area contributed by atoms with Gasteiger partial charge in [-0.05, 0) is 42.8 Å². The van der Waals surface area contributed by atoms with Crippen molar-refractivity contribution < 1.29 is 0 Å². The third-order valence-electron chi connectivity index (χ3n) is 4.73. The van der Waals surface area contributed by atoms with Gasteiger partial charge in [-0.1, -0.05) is 6.92 Å². The molecule has 4 aromatic heterocycles. The highest BCUT2D eigenvalue weighted by Crippen LogP contribution is 2.23. The number of pyridine rings is 3. The molecule has 8 heteroatoms. The molecule has 4 aromatic rings. The summed E-state index contributed by atoms with van der Waals surface area (Å²) >= 11 is 0. The molecule has 7 nitrogen and oxygen atoms in total. The molecule has 0 aromatic carbocycles. The second kappa shape index (κ2) is 9.98. The van der Waals surface area contributed by atoms with Crippen LogP contribution in [0.1, 0.15) is 25.3 Å². The molecule has 0 unspecified atom stereocenters. The number of anilines is 2. The zero-order chi connectivity index (χ0) is 20.1. The molecule has 4 heterocycles. The van der Waals surface area contributed by atoms with Crippen LogP contribution in [0.15, 0.2) is 61.3 Å². The number of fused-ring (bicyclic) bond motifs is 1. The van der Waals surface area contributed by atoms with Crippen molar-refractivity contribution in [2.45, 2.75) is 19.8 Å². The average Bonchev–Trinajstić information content (AvgIpc) is 2.78. The summed E-state index contributed by atoms with van der Waals surface area (Å²) in [6.07, 6.45) is 7.04. The van der Waals surface area contributed by atoms with Gasteiger partial charge in [0, 0.05) is 49.2 Å². The molecule has 154 valence electrons. The SMILES string of the molecule is CCNc1ccc(-c2cc(NC[C@@H](C)c3ccnc4cccnc34)ncn2)cn1.S. The molecular formula is C22H25N7S. The Bertz CT molecular complexity index is 1100. The number of nitrogens with one attached hydrogen (secondary N) is 2. The van der Waals surface area contributed by atoms with Gasteiger partial charge in [0.25, 0.3) is 0 Å². The van der Waals surface area contributed by atoms with Crippen molar-refractivity contribution in [1.82, 2.24) is 24.9 Å². The first-order chi connectivity index (χ1) is 14.2. The van der Waals surface area contributed by atoms with Crippen LogP contribution in [-0.4, -0.2) is 38.0 Å². The molecule has 0 bridgehead atoms. The van der Waals surface area contributed by atoms with Crippen LogP contribution in [0, 0.1) is 0 Å². The van der Waals surface area contributed by atoms with Crippen molar-refractivity contribution in [3.05, 3.63) is 66.9 Å². The van der Waals surface area contributed by atoms with Gasteiger partial charge in [0.2, 0.25) is 0 Å². The van der Waals surface area contributed by atoms with Gasteiger partial charge in [-0.15, -0.1) is 0 Å². The number of aromatic nitrogens is 5. The molecule has 0 saturated heterocycles. The molecule has 0 aliphatic heterocycles. The molecule has 2 N–H and O–H groups in total. The van der Waals surface area contributed by atoms with Crippen molar-refractivity contribution in [2.24, 2.45) is 0 Å². The van der Waals surface area contributed by atoms with Crippen LogP contribution in [0.2, 0.25) is 0 Å². The maximum absolute atomic E-state index is 4.50. The summed E-state index contributed by atoms with van der Waals surface area (Å²) in [5.74, 6) is 1.88. The van der Waals surface area contributed by atoms with Crippen LogP contribution >= 0.6 is 13.5 Å². The van der Waals surface area contributed by atoms with Crippen LogP contribution < -0.4 is 10.6 Å². The summed E-state index contributed by atoms with van der Waals surface area (Å²) < 4.78 is 0. The van der Waals surface area contributed by atoms with Crippen LogP contribution in [0.5, 0.6) is 0 Å². The monoisotopic (exact) mass is 419 g/mol. The predicted octanol–water partition coefficient (Wildman–Crippen LogP) is 4.24. The van der Waals surface area contributed by atoms with Gasteiger partial charge in [0.15, 0.2) is 0 Å². The minimum atomic E-state index is 0. The van der Waals surface area contributed by atoms with E-state index in [4.69, 9.17) is 0 Å². The Balaban J connectivity index is 0.00000256. The van der Waals surface area contributed by atoms with E-state index in [1.54, 1.807) is 12.5 Å². The van der Waals surface area contributed by atoms with Gasteiger partial charge in [0.1, 0.15) is 18.0 Å². The van der Waals surface area contributed by atoms with E-state index in [1.807, 2.05) is 55.7 Å². The number of hydrogen-bond donors (Lipinski definition) is 2. The van der Waals surface area contributed by atoms with Crippen molar-refractivity contribution >= 4 is 36.2 Å². The summed E-state index contributed by atoms with van der Waals surface area (Å²) in [5, 5.41) is 6.61. The Hall–Kier alpha value is -3.26. The van der Waals surface area contributed by atoms with Gasteiger partial charge in [0.05, 0.1) is 16.7 Å². The van der Waals surface area contributed by atoms with Crippen molar-refractivity contribution in [1.29, 1.82) is 0 Å². The topological polar surface area (TPSA) is 88.5 Å². The lowest BCUT2D eigenvalue weighted by atomic mass is 10.0. The van der Waals surface area contributed by atoms with Crippen LogP contribution in [0.3, 0.4) is 0 Å². The first kappa shape index (κ1) is 21.4. The molecule has 0 radical (unpaired) electrons. The van der Waals surface area contributed by atoms with Crippen molar-refractivity contribution in [2.75, 3.05) is 23.7 Å². The molecule has 0 saturated carbocycles. The fourth-order valence-corrected chi connectivity index (χ4v) is 3.21. The third-order valence-corrected chi connectivity index (χ3v) is 4.73. The highest BCUT2D eigenvalue weighted by atomic mass is 32.1. The van der Waals surface area contributed by atoms with E-state index < -0.39 is 0 Å². The van der Waals surface area contributed by atoms with E-state index in [9.17, 15) is 0 Å². The number of rotatable bonds is 7. The minimum absolute atomic E-state index is 0. The minimum Gasteiger partial charge on any atom is -0.370 e. The molecule has 0 aliphatic carbocycles. The van der Waals surface area contributed by atoms with E-state index in [0.717, 1.165) is 47.0 Å². The molecular weight excluding hydrogens is 394 g/mol. The number of hydrogen-bond acceptors (Lipinski definition) is 7. The lowest BCUT2D eigenvalue weighted by Gasteiger charge is -2.15. The highest BCUT2D eigenvalue weighted by molar-refractivity contribution is 7.59. The molecule has 0 fully saturated rings. The molecule has 4 rings (SSSR count). The predicted molar refractivity (Wildman–Crippen MR) is 126 cm³/mol. The first-order valence-corrected chi connectivity index (χ1v) is 9.70. The molecule has 0 amide bonds. The van der Waals surface area contributed by atoms with Crippen molar-refractivity contribution in [3.8, 4) is 11.3 Å². The van der Waals surface area contributed by atoms with Gasteiger partial charge in [-0.3, -0.25) is 9.97 Å². The Morgan fingerprint density at radius 2 is 1.80 bits per heavy atom. The standard InChI is InChI=1S/C22H23N7.H2S/c1-3-23-20-7-6-16(13-27-20)19-11-21(29-14-28-19)26-12-15(2)17-8-10-24-18-5-4-9-25-22(17)18;/h4-11,13-15H,3,12H2,1-2H3,(H,23,27)(H,26,28,29);1H2/t15-;/m1./s1. The fourth-order valence-electron chi connectivity index (χ4n) is 3.21. The Morgan fingerprint density at radius 1 is 0.900 bits per heavy atom. The maximum Gasteiger partial charge on any atom is 0.129 e. The quantitative estimate of drug-likeness (QED) is 0.463. The van der Waals surface area contributed by atoms with Crippen LogP contribution in [-0.2, 0) is 0 Å². The van der Waals surface area contributed by atoms with Gasteiger partial charge < -0.3 is 10.6 Å². The van der Waals surface area contributed by atoms with E-state index in [0.29, 0.717) is 0 Å². The Morgan fingerprint density at radius 3 is 2.60 bits per heavy atom. The normalized spacial score (nSPS) is 11.5. The smallest absolute Gasteiger partial charge is 0.129 e. The summed E-state index contributed by atoms with van der Waals surface area (Å²) in [7, 11) is 0. The van der Waals surface area contributed by atoms with Crippen LogP contribution in [0.25, 0.3) is 22.3 Å². The summed E-state index contributed by atoms with van der Waals surface area (Å²) in [6, 6.07) is 11.8. The Labute approximate surface area is 182 Å². The molecule has 1 atom stereocenters. The zero-order valence-electron chi connectivity index (χ0n) is 17.0. The number of nitrogens with zero attached hydrogens (tertiary/aromatic N) is 5. The lowest BCUT2D eigenvalue weighted by molar-refractivity contribution is 0.804. The average molecular weight is 420 g/mol. The Kier molecular flexibility index (Phi) is 7.13.